The number of nitrogens with zero attached hydrogens (tertiary/aromatic N) is 1. The van der Waals surface area contributed by atoms with Crippen molar-refractivity contribution in [1.29, 1.82) is 0 Å². The highest BCUT2D eigenvalue weighted by Crippen LogP contribution is 2.15. The number of rotatable bonds is 9. The number of ether oxygens (including phenoxy) is 1. The van der Waals surface area contributed by atoms with E-state index in [0.717, 1.165) is 11.4 Å². The summed E-state index contributed by atoms with van der Waals surface area (Å²) < 4.78 is 5.36. The van der Waals surface area contributed by atoms with Crippen LogP contribution in [0.3, 0.4) is 0 Å². The van der Waals surface area contributed by atoms with Gasteiger partial charge in [-0.15, -0.1) is 0 Å². The van der Waals surface area contributed by atoms with Gasteiger partial charge in [-0.1, -0.05) is 0 Å². The van der Waals surface area contributed by atoms with Crippen molar-refractivity contribution < 1.29 is 14.6 Å². The molecule has 0 aromatic heterocycles. The van der Waals surface area contributed by atoms with Gasteiger partial charge in [-0.25, -0.2) is 0 Å². The Bertz CT molecular complexity index is 418. The standard InChI is InChI=1S/C16H26N2O3/c1-4-21-15-8-6-14(7-9-15)17-16(20)12-18(13(2)3)10-5-11-19/h6-9,13,19H,4-5,10-12H2,1-3H3,(H,17,20). The first-order valence-electron chi connectivity index (χ1n) is 7.44. The SMILES string of the molecule is CCOc1ccc(NC(=O)CN(CCCO)C(C)C)cc1. The number of hydrogen-bond acceptors (Lipinski definition) is 4. The van der Waals surface area contributed by atoms with Crippen LogP contribution < -0.4 is 10.1 Å². The Morgan fingerprint density at radius 2 is 2.00 bits per heavy atom. The van der Waals surface area contributed by atoms with Gasteiger partial charge in [0, 0.05) is 24.9 Å². The largest absolute Gasteiger partial charge is 0.494 e. The number of aliphatic hydroxyl groups is 1. The third-order valence-corrected chi connectivity index (χ3v) is 3.13. The van der Waals surface area contributed by atoms with Gasteiger partial charge in [0.2, 0.25) is 5.91 Å². The molecule has 118 valence electrons. The molecule has 0 fully saturated rings. The molecule has 0 heterocycles. The minimum absolute atomic E-state index is 0.0502. The van der Waals surface area contributed by atoms with Crippen molar-refractivity contribution >= 4 is 11.6 Å². The number of benzene rings is 1. The van der Waals surface area contributed by atoms with Crippen LogP contribution in [0.4, 0.5) is 5.69 Å². The second kappa shape index (κ2) is 9.37. The van der Waals surface area contributed by atoms with E-state index in [4.69, 9.17) is 9.84 Å². The van der Waals surface area contributed by atoms with Crippen LogP contribution in [0.2, 0.25) is 0 Å². The Morgan fingerprint density at radius 3 is 2.52 bits per heavy atom. The van der Waals surface area contributed by atoms with Crippen LogP contribution in [0.25, 0.3) is 0 Å². The van der Waals surface area contributed by atoms with E-state index in [2.05, 4.69) is 5.32 Å². The van der Waals surface area contributed by atoms with Crippen LogP contribution in [0, 0.1) is 0 Å². The molecule has 1 aromatic rings. The van der Waals surface area contributed by atoms with Crippen molar-refractivity contribution in [3.63, 3.8) is 0 Å². The van der Waals surface area contributed by atoms with Gasteiger partial charge in [-0.3, -0.25) is 9.69 Å². The molecule has 5 nitrogen and oxygen atoms in total. The highest BCUT2D eigenvalue weighted by molar-refractivity contribution is 5.92. The summed E-state index contributed by atoms with van der Waals surface area (Å²) in [6, 6.07) is 7.60. The third kappa shape index (κ3) is 6.60. The Labute approximate surface area is 126 Å². The summed E-state index contributed by atoms with van der Waals surface area (Å²) in [5.41, 5.74) is 0.759. The zero-order valence-corrected chi connectivity index (χ0v) is 13.1. The van der Waals surface area contributed by atoms with Crippen molar-refractivity contribution in [2.45, 2.75) is 33.2 Å². The van der Waals surface area contributed by atoms with Gasteiger partial charge in [0.1, 0.15) is 5.75 Å². The number of amides is 1. The molecule has 0 unspecified atom stereocenters. The normalized spacial score (nSPS) is 11.0. The van der Waals surface area contributed by atoms with E-state index >= 15 is 0 Å². The Kier molecular flexibility index (Phi) is 7.79. The van der Waals surface area contributed by atoms with E-state index in [0.29, 0.717) is 26.1 Å². The van der Waals surface area contributed by atoms with E-state index < -0.39 is 0 Å². The van der Waals surface area contributed by atoms with Gasteiger partial charge < -0.3 is 15.2 Å². The second-order valence-electron chi connectivity index (χ2n) is 5.15. The second-order valence-corrected chi connectivity index (χ2v) is 5.15. The quantitative estimate of drug-likeness (QED) is 0.732. The topological polar surface area (TPSA) is 61.8 Å². The summed E-state index contributed by atoms with van der Waals surface area (Å²) in [7, 11) is 0. The Balaban J connectivity index is 2.51. The zero-order valence-electron chi connectivity index (χ0n) is 13.1. The lowest BCUT2D eigenvalue weighted by Crippen LogP contribution is -2.38. The minimum atomic E-state index is -0.0502. The molecule has 0 aliphatic heterocycles. The lowest BCUT2D eigenvalue weighted by molar-refractivity contribution is -0.117. The minimum Gasteiger partial charge on any atom is -0.494 e. The van der Waals surface area contributed by atoms with Crippen molar-refractivity contribution in [3.05, 3.63) is 24.3 Å². The van der Waals surface area contributed by atoms with Crippen LogP contribution in [0.15, 0.2) is 24.3 Å². The molecule has 5 heteroatoms. The average Bonchev–Trinajstić information content (AvgIpc) is 2.45. The van der Waals surface area contributed by atoms with Crippen molar-refractivity contribution in [2.75, 3.05) is 31.6 Å². The molecule has 2 N–H and O–H groups in total. The molecule has 0 spiro atoms. The molecule has 1 rings (SSSR count). The van der Waals surface area contributed by atoms with Crippen LogP contribution in [-0.4, -0.2) is 48.3 Å². The molecule has 0 saturated carbocycles. The van der Waals surface area contributed by atoms with Crippen molar-refractivity contribution in [1.82, 2.24) is 4.90 Å². The number of aliphatic hydroxyl groups excluding tert-OH is 1. The predicted octanol–water partition coefficient (Wildman–Crippen LogP) is 2.12. The van der Waals surface area contributed by atoms with Gasteiger partial charge in [0.15, 0.2) is 0 Å². The van der Waals surface area contributed by atoms with Gasteiger partial charge >= 0.3 is 0 Å². The average molecular weight is 294 g/mol. The Morgan fingerprint density at radius 1 is 1.33 bits per heavy atom. The highest BCUT2D eigenvalue weighted by Gasteiger charge is 2.13. The summed E-state index contributed by atoms with van der Waals surface area (Å²) in [6.07, 6.45) is 0.675. The number of hydrogen-bond donors (Lipinski definition) is 2. The fraction of sp³-hybridized carbons (Fsp3) is 0.562. The number of anilines is 1. The first-order valence-corrected chi connectivity index (χ1v) is 7.44. The van der Waals surface area contributed by atoms with Gasteiger partial charge in [0.25, 0.3) is 0 Å². The van der Waals surface area contributed by atoms with E-state index in [1.807, 2.05) is 49.9 Å². The molecular weight excluding hydrogens is 268 g/mol. The molecule has 0 bridgehead atoms. The van der Waals surface area contributed by atoms with Gasteiger partial charge in [-0.05, 0) is 51.5 Å². The molecule has 0 aliphatic rings. The lowest BCUT2D eigenvalue weighted by Gasteiger charge is -2.25. The van der Waals surface area contributed by atoms with Crippen LogP contribution in [-0.2, 0) is 4.79 Å². The summed E-state index contributed by atoms with van der Waals surface area (Å²) in [5, 5.41) is 11.8. The summed E-state index contributed by atoms with van der Waals surface area (Å²) >= 11 is 0. The van der Waals surface area contributed by atoms with Gasteiger partial charge in [-0.2, -0.15) is 0 Å². The summed E-state index contributed by atoms with van der Waals surface area (Å²) in [5.74, 6) is 0.744. The number of nitrogens with one attached hydrogen (secondary N) is 1. The molecule has 1 aromatic carbocycles. The fourth-order valence-electron chi connectivity index (χ4n) is 1.98. The maximum absolute atomic E-state index is 12.1. The first-order chi connectivity index (χ1) is 10.1. The lowest BCUT2D eigenvalue weighted by atomic mass is 10.2. The molecule has 0 atom stereocenters. The van der Waals surface area contributed by atoms with Crippen LogP contribution >= 0.6 is 0 Å². The maximum atomic E-state index is 12.1. The molecule has 21 heavy (non-hydrogen) atoms. The number of carbonyl (C=O) groups is 1. The molecule has 1 amide bonds. The fourth-order valence-corrected chi connectivity index (χ4v) is 1.98. The van der Waals surface area contributed by atoms with Crippen LogP contribution in [0.1, 0.15) is 27.2 Å². The molecular formula is C16H26N2O3. The molecule has 0 radical (unpaired) electrons. The highest BCUT2D eigenvalue weighted by atomic mass is 16.5. The van der Waals surface area contributed by atoms with Crippen LogP contribution in [0.5, 0.6) is 5.75 Å². The molecule has 0 aliphatic carbocycles. The third-order valence-electron chi connectivity index (χ3n) is 3.13. The maximum Gasteiger partial charge on any atom is 0.238 e. The summed E-state index contributed by atoms with van der Waals surface area (Å²) in [4.78, 5) is 14.1. The number of carbonyl (C=O) groups excluding carboxylic acids is 1. The smallest absolute Gasteiger partial charge is 0.238 e. The van der Waals surface area contributed by atoms with Crippen molar-refractivity contribution in [2.24, 2.45) is 0 Å². The van der Waals surface area contributed by atoms with Gasteiger partial charge in [0.05, 0.1) is 13.2 Å². The molecule has 0 saturated heterocycles. The monoisotopic (exact) mass is 294 g/mol. The van der Waals surface area contributed by atoms with E-state index in [1.54, 1.807) is 0 Å². The zero-order chi connectivity index (χ0) is 15.7. The van der Waals surface area contributed by atoms with E-state index in [9.17, 15) is 4.79 Å². The van der Waals surface area contributed by atoms with E-state index in [1.165, 1.54) is 0 Å². The first kappa shape index (κ1) is 17.5. The predicted molar refractivity (Wildman–Crippen MR) is 84.7 cm³/mol. The van der Waals surface area contributed by atoms with E-state index in [-0.39, 0.29) is 18.6 Å². The Hall–Kier alpha value is -1.59. The van der Waals surface area contributed by atoms with Crippen molar-refractivity contribution in [3.8, 4) is 5.75 Å². The summed E-state index contributed by atoms with van der Waals surface area (Å²) in [6.45, 7) is 7.82.